The van der Waals surface area contributed by atoms with Crippen molar-refractivity contribution in [2.75, 3.05) is 26.4 Å². The number of hydrogen-bond acceptors (Lipinski definition) is 3. The summed E-state index contributed by atoms with van der Waals surface area (Å²) in [6.07, 6.45) is 2.26. The van der Waals surface area contributed by atoms with Crippen molar-refractivity contribution in [3.05, 3.63) is 33.8 Å². The Morgan fingerprint density at radius 3 is 2.94 bits per heavy atom. The fourth-order valence-corrected chi connectivity index (χ4v) is 3.38. The van der Waals surface area contributed by atoms with Crippen LogP contribution in [0.3, 0.4) is 0 Å². The van der Waals surface area contributed by atoms with Gasteiger partial charge in [0.25, 0.3) is 0 Å². The Balaban J connectivity index is 1.68. The van der Waals surface area contributed by atoms with Gasteiger partial charge in [-0.05, 0) is 30.0 Å². The molecule has 0 radical (unpaired) electrons. The Labute approximate surface area is 116 Å². The van der Waals surface area contributed by atoms with Crippen molar-refractivity contribution in [1.29, 1.82) is 0 Å². The molecule has 1 aromatic carbocycles. The summed E-state index contributed by atoms with van der Waals surface area (Å²) in [4.78, 5) is 0. The Kier molecular flexibility index (Phi) is 3.45. The zero-order valence-corrected chi connectivity index (χ0v) is 11.9. The van der Waals surface area contributed by atoms with Crippen molar-refractivity contribution in [1.82, 2.24) is 5.32 Å². The van der Waals surface area contributed by atoms with E-state index in [1.165, 1.54) is 15.6 Å². The number of ether oxygens (including phenoxy) is 1. The van der Waals surface area contributed by atoms with Gasteiger partial charge in [0.05, 0.1) is 25.2 Å². The molecule has 0 bridgehead atoms. The number of hydrogen-bond donors (Lipinski definition) is 2. The van der Waals surface area contributed by atoms with Gasteiger partial charge in [-0.1, -0.05) is 28.1 Å². The van der Waals surface area contributed by atoms with Crippen LogP contribution in [0.5, 0.6) is 0 Å². The van der Waals surface area contributed by atoms with Gasteiger partial charge in [-0.25, -0.2) is 0 Å². The topological polar surface area (TPSA) is 41.5 Å². The third-order valence-corrected chi connectivity index (χ3v) is 4.83. The first-order valence-corrected chi connectivity index (χ1v) is 7.23. The number of fused-ring (bicyclic) bond motifs is 1. The first-order chi connectivity index (χ1) is 8.74. The monoisotopic (exact) mass is 311 g/mol. The van der Waals surface area contributed by atoms with E-state index in [0.29, 0.717) is 19.3 Å². The van der Waals surface area contributed by atoms with E-state index in [0.717, 1.165) is 19.4 Å². The maximum Gasteiger partial charge on any atom is 0.0579 e. The molecule has 1 unspecified atom stereocenters. The normalized spacial score (nSPS) is 24.7. The summed E-state index contributed by atoms with van der Waals surface area (Å²) in [5.74, 6) is 0. The molecule has 98 valence electrons. The van der Waals surface area contributed by atoms with Gasteiger partial charge in [0, 0.05) is 17.1 Å². The molecule has 0 amide bonds. The van der Waals surface area contributed by atoms with Gasteiger partial charge >= 0.3 is 0 Å². The van der Waals surface area contributed by atoms with Crippen molar-refractivity contribution in [2.24, 2.45) is 5.41 Å². The zero-order valence-electron chi connectivity index (χ0n) is 10.3. The Bertz CT molecular complexity index is 440. The molecule has 1 atom stereocenters. The second kappa shape index (κ2) is 4.93. The van der Waals surface area contributed by atoms with E-state index in [9.17, 15) is 5.11 Å². The second-order valence-corrected chi connectivity index (χ2v) is 6.29. The highest BCUT2D eigenvalue weighted by Gasteiger charge is 2.38. The summed E-state index contributed by atoms with van der Waals surface area (Å²) < 4.78 is 6.44. The van der Waals surface area contributed by atoms with E-state index < -0.39 is 0 Å². The molecule has 1 aromatic rings. The van der Waals surface area contributed by atoms with Crippen LogP contribution in [0.2, 0.25) is 0 Å². The van der Waals surface area contributed by atoms with Gasteiger partial charge in [-0.3, -0.25) is 0 Å². The van der Waals surface area contributed by atoms with E-state index >= 15 is 0 Å². The molecule has 1 aliphatic carbocycles. The molecule has 1 aliphatic heterocycles. The SMILES string of the molecule is OCC1(CNC2CCc3c(Br)cccc32)COC1. The standard InChI is InChI=1S/C14H18BrNO2/c15-12-3-1-2-11-10(12)4-5-13(11)16-6-14(7-17)8-18-9-14/h1-3,13,16-17H,4-9H2. The van der Waals surface area contributed by atoms with Crippen LogP contribution >= 0.6 is 15.9 Å². The van der Waals surface area contributed by atoms with E-state index in [1.54, 1.807) is 0 Å². The Hall–Kier alpha value is -0.420. The van der Waals surface area contributed by atoms with Crippen LogP contribution in [0.15, 0.2) is 22.7 Å². The lowest BCUT2D eigenvalue weighted by atomic mass is 9.86. The lowest BCUT2D eigenvalue weighted by Crippen LogP contribution is -2.52. The maximum atomic E-state index is 9.42. The zero-order chi connectivity index (χ0) is 12.6. The molecule has 18 heavy (non-hydrogen) atoms. The molecule has 3 rings (SSSR count). The number of aliphatic hydroxyl groups is 1. The van der Waals surface area contributed by atoms with Gasteiger partial charge in [-0.2, -0.15) is 0 Å². The highest BCUT2D eigenvalue weighted by molar-refractivity contribution is 9.10. The predicted octanol–water partition coefficient (Wildman–Crippen LogP) is 2.03. The summed E-state index contributed by atoms with van der Waals surface area (Å²) >= 11 is 3.62. The number of benzene rings is 1. The summed E-state index contributed by atoms with van der Waals surface area (Å²) in [7, 11) is 0. The largest absolute Gasteiger partial charge is 0.396 e. The van der Waals surface area contributed by atoms with Gasteiger partial charge in [-0.15, -0.1) is 0 Å². The molecule has 1 fully saturated rings. The van der Waals surface area contributed by atoms with Gasteiger partial charge in [0.15, 0.2) is 0 Å². The highest BCUT2D eigenvalue weighted by Crippen LogP contribution is 2.36. The maximum absolute atomic E-state index is 9.42. The lowest BCUT2D eigenvalue weighted by molar-refractivity contribution is -0.135. The summed E-state index contributed by atoms with van der Waals surface area (Å²) in [6, 6.07) is 6.82. The van der Waals surface area contributed by atoms with E-state index in [4.69, 9.17) is 4.74 Å². The molecule has 2 aliphatic rings. The Morgan fingerprint density at radius 1 is 1.44 bits per heavy atom. The van der Waals surface area contributed by atoms with Crippen molar-refractivity contribution < 1.29 is 9.84 Å². The number of halogens is 1. The molecule has 0 aromatic heterocycles. The molecule has 4 heteroatoms. The summed E-state index contributed by atoms with van der Waals surface area (Å²) in [5, 5.41) is 13.0. The van der Waals surface area contributed by atoms with Crippen molar-refractivity contribution in [3.63, 3.8) is 0 Å². The molecule has 1 saturated heterocycles. The van der Waals surface area contributed by atoms with Crippen LogP contribution in [0.1, 0.15) is 23.6 Å². The van der Waals surface area contributed by atoms with E-state index in [2.05, 4.69) is 39.4 Å². The minimum atomic E-state index is -0.0469. The van der Waals surface area contributed by atoms with Crippen LogP contribution in [0.25, 0.3) is 0 Å². The van der Waals surface area contributed by atoms with Crippen molar-refractivity contribution in [3.8, 4) is 0 Å². The Morgan fingerprint density at radius 2 is 2.28 bits per heavy atom. The summed E-state index contributed by atoms with van der Waals surface area (Å²) in [6.45, 7) is 2.39. The van der Waals surface area contributed by atoms with Gasteiger partial charge in [0.1, 0.15) is 0 Å². The second-order valence-electron chi connectivity index (χ2n) is 5.43. The molecule has 0 spiro atoms. The average molecular weight is 312 g/mol. The minimum Gasteiger partial charge on any atom is -0.396 e. The number of nitrogens with one attached hydrogen (secondary N) is 1. The van der Waals surface area contributed by atoms with Crippen LogP contribution < -0.4 is 5.32 Å². The first-order valence-electron chi connectivity index (χ1n) is 6.43. The average Bonchev–Trinajstić information content (AvgIpc) is 2.73. The summed E-state index contributed by atoms with van der Waals surface area (Å²) in [5.41, 5.74) is 2.78. The van der Waals surface area contributed by atoms with Crippen LogP contribution in [0, 0.1) is 5.41 Å². The fraction of sp³-hybridized carbons (Fsp3) is 0.571. The van der Waals surface area contributed by atoms with Crippen LogP contribution in [-0.2, 0) is 11.2 Å². The highest BCUT2D eigenvalue weighted by atomic mass is 79.9. The smallest absolute Gasteiger partial charge is 0.0579 e. The minimum absolute atomic E-state index is 0.0469. The number of rotatable bonds is 4. The van der Waals surface area contributed by atoms with Gasteiger partial charge < -0.3 is 15.2 Å². The third kappa shape index (κ3) is 2.11. The molecule has 1 heterocycles. The molecular weight excluding hydrogens is 294 g/mol. The quantitative estimate of drug-likeness (QED) is 0.894. The van der Waals surface area contributed by atoms with E-state index in [1.807, 2.05) is 0 Å². The van der Waals surface area contributed by atoms with Crippen molar-refractivity contribution >= 4 is 15.9 Å². The van der Waals surface area contributed by atoms with Crippen LogP contribution in [0.4, 0.5) is 0 Å². The number of aliphatic hydroxyl groups excluding tert-OH is 1. The molecular formula is C14H18BrNO2. The lowest BCUT2D eigenvalue weighted by Gasteiger charge is -2.40. The molecule has 2 N–H and O–H groups in total. The predicted molar refractivity (Wildman–Crippen MR) is 73.5 cm³/mol. The van der Waals surface area contributed by atoms with Crippen molar-refractivity contribution in [2.45, 2.75) is 18.9 Å². The fourth-order valence-electron chi connectivity index (χ4n) is 2.80. The van der Waals surface area contributed by atoms with Gasteiger partial charge in [0.2, 0.25) is 0 Å². The third-order valence-electron chi connectivity index (χ3n) is 4.09. The van der Waals surface area contributed by atoms with Crippen LogP contribution in [-0.4, -0.2) is 31.5 Å². The van der Waals surface area contributed by atoms with E-state index in [-0.39, 0.29) is 12.0 Å². The molecule has 0 saturated carbocycles. The molecule has 3 nitrogen and oxygen atoms in total. The first kappa shape index (κ1) is 12.6.